The molecular weight excluding hydrogens is 439 g/mol. The van der Waals surface area contributed by atoms with Crippen molar-refractivity contribution in [3.05, 3.63) is 38.5 Å². The van der Waals surface area contributed by atoms with E-state index in [0.29, 0.717) is 44.9 Å². The highest BCUT2D eigenvalue weighted by atomic mass is 35.5. The summed E-state index contributed by atoms with van der Waals surface area (Å²) in [4.78, 5) is 19.7. The molecule has 4 rings (SSSR count). The Labute approximate surface area is 180 Å². The number of nitrogens with zero attached hydrogens (tertiary/aromatic N) is 2. The summed E-state index contributed by atoms with van der Waals surface area (Å²) in [6, 6.07) is 7.40. The van der Waals surface area contributed by atoms with E-state index < -0.39 is 0 Å². The third-order valence-electron chi connectivity index (χ3n) is 4.44. The fourth-order valence-corrected chi connectivity index (χ4v) is 5.61. The summed E-state index contributed by atoms with van der Waals surface area (Å²) in [5.41, 5.74) is 1.14. The molecule has 1 aliphatic rings. The van der Waals surface area contributed by atoms with Gasteiger partial charge in [0.05, 0.1) is 33.9 Å². The number of hydrogen-bond acceptors (Lipinski definition) is 6. The van der Waals surface area contributed by atoms with Crippen LogP contribution in [0, 0.1) is 0 Å². The minimum absolute atomic E-state index is 0.0183. The molecule has 1 amide bonds. The molecule has 1 fully saturated rings. The maximum Gasteiger partial charge on any atom is 0.262 e. The minimum atomic E-state index is -0.222. The second kappa shape index (κ2) is 8.55. The molecule has 9 heteroatoms. The van der Waals surface area contributed by atoms with Gasteiger partial charge in [0.2, 0.25) is 0 Å². The molecular formula is C19H18Cl2N2O3S2. The highest BCUT2D eigenvalue weighted by molar-refractivity contribution is 7.22. The zero-order valence-electron chi connectivity index (χ0n) is 15.1. The van der Waals surface area contributed by atoms with Crippen molar-refractivity contribution in [3.63, 3.8) is 0 Å². The predicted octanol–water partition coefficient (Wildman–Crippen LogP) is 5.89. The summed E-state index contributed by atoms with van der Waals surface area (Å²) in [7, 11) is 0. The molecule has 1 aromatic carbocycles. The molecule has 1 aliphatic heterocycles. The molecule has 28 heavy (non-hydrogen) atoms. The predicted molar refractivity (Wildman–Crippen MR) is 116 cm³/mol. The number of para-hydroxylation sites is 1. The molecule has 148 valence electrons. The SMILES string of the molecule is CCOc1cccc2sc(N(CC3CCCO3)C(=O)c3cc(Cl)sc3Cl)nc12. The van der Waals surface area contributed by atoms with Crippen molar-refractivity contribution in [3.8, 4) is 5.75 Å². The average molecular weight is 457 g/mol. The molecule has 0 aliphatic carbocycles. The Morgan fingerprint density at radius 2 is 2.25 bits per heavy atom. The quantitative estimate of drug-likeness (QED) is 0.463. The van der Waals surface area contributed by atoms with E-state index in [4.69, 9.17) is 37.7 Å². The number of hydrogen-bond donors (Lipinski definition) is 0. The van der Waals surface area contributed by atoms with Crippen molar-refractivity contribution in [1.29, 1.82) is 0 Å². The third-order valence-corrected chi connectivity index (χ3v) is 6.98. The van der Waals surface area contributed by atoms with Crippen molar-refractivity contribution in [2.75, 3.05) is 24.7 Å². The first-order valence-electron chi connectivity index (χ1n) is 8.97. The summed E-state index contributed by atoms with van der Waals surface area (Å²) in [5.74, 6) is 0.490. The first kappa shape index (κ1) is 19.9. The molecule has 0 bridgehead atoms. The minimum Gasteiger partial charge on any atom is -0.492 e. The highest BCUT2D eigenvalue weighted by Gasteiger charge is 2.29. The van der Waals surface area contributed by atoms with Gasteiger partial charge in [-0.15, -0.1) is 11.3 Å². The number of anilines is 1. The number of fused-ring (bicyclic) bond motifs is 1. The van der Waals surface area contributed by atoms with Crippen molar-refractivity contribution in [2.24, 2.45) is 0 Å². The van der Waals surface area contributed by atoms with Gasteiger partial charge in [-0.1, -0.05) is 40.6 Å². The smallest absolute Gasteiger partial charge is 0.262 e. The molecule has 0 saturated carbocycles. The Kier molecular flexibility index (Phi) is 6.08. The van der Waals surface area contributed by atoms with Crippen LogP contribution in [0.15, 0.2) is 24.3 Å². The van der Waals surface area contributed by atoms with E-state index in [2.05, 4.69) is 0 Å². The molecule has 3 aromatic rings. The van der Waals surface area contributed by atoms with Crippen molar-refractivity contribution >= 4 is 67.1 Å². The van der Waals surface area contributed by atoms with Crippen molar-refractivity contribution in [1.82, 2.24) is 4.98 Å². The first-order valence-corrected chi connectivity index (χ1v) is 11.4. The van der Waals surface area contributed by atoms with Crippen LogP contribution in [-0.2, 0) is 4.74 Å². The van der Waals surface area contributed by atoms with Gasteiger partial charge in [0.25, 0.3) is 5.91 Å². The summed E-state index contributed by atoms with van der Waals surface area (Å²) < 4.78 is 13.3. The number of benzene rings is 1. The van der Waals surface area contributed by atoms with Crippen LogP contribution in [0.25, 0.3) is 10.2 Å². The van der Waals surface area contributed by atoms with Gasteiger partial charge in [-0.05, 0) is 38.0 Å². The lowest BCUT2D eigenvalue weighted by molar-refractivity contribution is 0.0918. The van der Waals surface area contributed by atoms with Crippen LogP contribution in [-0.4, -0.2) is 36.8 Å². The molecule has 1 unspecified atom stereocenters. The topological polar surface area (TPSA) is 51.7 Å². The van der Waals surface area contributed by atoms with Gasteiger partial charge < -0.3 is 9.47 Å². The van der Waals surface area contributed by atoms with Gasteiger partial charge in [-0.2, -0.15) is 0 Å². The molecule has 0 N–H and O–H groups in total. The number of thiazole rings is 1. The van der Waals surface area contributed by atoms with Crippen LogP contribution < -0.4 is 9.64 Å². The summed E-state index contributed by atoms with van der Waals surface area (Å²) >= 11 is 14.9. The maximum atomic E-state index is 13.3. The van der Waals surface area contributed by atoms with Crippen LogP contribution >= 0.6 is 45.9 Å². The van der Waals surface area contributed by atoms with E-state index in [1.165, 1.54) is 22.7 Å². The molecule has 1 atom stereocenters. The lowest BCUT2D eigenvalue weighted by Gasteiger charge is -2.22. The molecule has 2 aromatic heterocycles. The van der Waals surface area contributed by atoms with Crippen LogP contribution in [0.5, 0.6) is 5.75 Å². The van der Waals surface area contributed by atoms with E-state index in [1.54, 1.807) is 11.0 Å². The van der Waals surface area contributed by atoms with Crippen LogP contribution in [0.2, 0.25) is 8.67 Å². The van der Waals surface area contributed by atoms with E-state index in [0.717, 1.165) is 23.1 Å². The average Bonchev–Trinajstić information content (AvgIpc) is 3.39. The second-order valence-corrected chi connectivity index (χ2v) is 9.62. The molecule has 1 saturated heterocycles. The number of carbonyl (C=O) groups is 1. The van der Waals surface area contributed by atoms with Gasteiger partial charge in [0.15, 0.2) is 5.13 Å². The number of aromatic nitrogens is 1. The lowest BCUT2D eigenvalue weighted by Crippen LogP contribution is -2.37. The number of rotatable bonds is 6. The van der Waals surface area contributed by atoms with E-state index >= 15 is 0 Å². The zero-order chi connectivity index (χ0) is 19.7. The largest absolute Gasteiger partial charge is 0.492 e. The van der Waals surface area contributed by atoms with E-state index in [-0.39, 0.29) is 12.0 Å². The van der Waals surface area contributed by atoms with E-state index in [1.807, 2.05) is 25.1 Å². The normalized spacial score (nSPS) is 16.6. The molecule has 5 nitrogen and oxygen atoms in total. The van der Waals surface area contributed by atoms with Crippen LogP contribution in [0.3, 0.4) is 0 Å². The fourth-order valence-electron chi connectivity index (χ4n) is 3.17. The fraction of sp³-hybridized carbons (Fsp3) is 0.368. The zero-order valence-corrected chi connectivity index (χ0v) is 18.3. The van der Waals surface area contributed by atoms with E-state index in [9.17, 15) is 4.79 Å². The Morgan fingerprint density at radius 3 is 2.93 bits per heavy atom. The molecule has 0 radical (unpaired) electrons. The Bertz CT molecular complexity index is 998. The monoisotopic (exact) mass is 456 g/mol. The maximum absolute atomic E-state index is 13.3. The van der Waals surface area contributed by atoms with Gasteiger partial charge in [-0.25, -0.2) is 4.98 Å². The van der Waals surface area contributed by atoms with Crippen LogP contribution in [0.1, 0.15) is 30.1 Å². The molecule has 3 heterocycles. The Hall–Kier alpha value is -1.38. The molecule has 0 spiro atoms. The number of amides is 1. The van der Waals surface area contributed by atoms with Gasteiger partial charge >= 0.3 is 0 Å². The van der Waals surface area contributed by atoms with Crippen LogP contribution in [0.4, 0.5) is 5.13 Å². The third kappa shape index (κ3) is 4.00. The first-order chi connectivity index (χ1) is 13.6. The number of thiophene rings is 1. The summed E-state index contributed by atoms with van der Waals surface area (Å²) in [6.07, 6.45) is 1.89. The summed E-state index contributed by atoms with van der Waals surface area (Å²) in [5, 5.41) is 0.598. The van der Waals surface area contributed by atoms with Gasteiger partial charge in [0, 0.05) is 6.61 Å². The summed E-state index contributed by atoms with van der Waals surface area (Å²) in [6.45, 7) is 3.62. The Balaban J connectivity index is 1.74. The number of ether oxygens (including phenoxy) is 2. The van der Waals surface area contributed by atoms with Crippen molar-refractivity contribution < 1.29 is 14.3 Å². The Morgan fingerprint density at radius 1 is 1.39 bits per heavy atom. The van der Waals surface area contributed by atoms with Crippen molar-refractivity contribution in [2.45, 2.75) is 25.9 Å². The van der Waals surface area contributed by atoms with Gasteiger partial charge in [0.1, 0.15) is 15.6 Å². The standard InChI is InChI=1S/C19H18Cl2N2O3S2/c1-2-25-13-6-3-7-14-16(13)22-19(27-14)23(10-11-5-4-8-26-11)18(24)12-9-15(20)28-17(12)21/h3,6-7,9,11H,2,4-5,8,10H2,1H3. The highest BCUT2D eigenvalue weighted by Crippen LogP contribution is 2.37. The lowest BCUT2D eigenvalue weighted by atomic mass is 10.2. The van der Waals surface area contributed by atoms with Gasteiger partial charge in [-0.3, -0.25) is 9.69 Å². The number of carbonyl (C=O) groups excluding carboxylic acids is 1. The second-order valence-electron chi connectivity index (χ2n) is 6.32. The number of halogens is 2.